The smallest absolute Gasteiger partial charge is 0.315 e. The molecule has 0 radical (unpaired) electrons. The number of carbonyl (C=O) groups excluding carboxylic acids is 1. The summed E-state index contributed by atoms with van der Waals surface area (Å²) in [6.45, 7) is 16.2. The first-order valence-electron chi connectivity index (χ1n) is 27.1. The zero-order valence-electron chi connectivity index (χ0n) is 44.1. The first kappa shape index (κ1) is 57.1. The number of fused-ring (bicyclic) bond motifs is 7. The van der Waals surface area contributed by atoms with Crippen LogP contribution in [-0.4, -0.2) is 210 Å². The summed E-state index contributed by atoms with van der Waals surface area (Å²) in [5, 5.41) is 127. The van der Waals surface area contributed by atoms with Gasteiger partial charge in [-0.15, -0.1) is 0 Å². The fraction of sp³-hybridized carbons (Fsp3) is 0.943. The van der Waals surface area contributed by atoms with Crippen LogP contribution in [-0.2, 0) is 42.7 Å². The van der Waals surface area contributed by atoms with Crippen LogP contribution in [0, 0.1) is 50.2 Å². The van der Waals surface area contributed by atoms with E-state index >= 15 is 4.79 Å². The number of ether oxygens (including phenoxy) is 8. The highest BCUT2D eigenvalue weighted by atomic mass is 16.8. The minimum absolute atomic E-state index is 0.114. The molecule has 0 aromatic carbocycles. The Bertz CT molecular complexity index is 2040. The molecule has 21 nitrogen and oxygen atoms in total. The lowest BCUT2D eigenvalue weighted by Crippen LogP contribution is -2.66. The molecule has 8 fully saturated rings. The Hall–Kier alpha value is -1.55. The SMILES string of the molecule is C[C@@H]1O[C@@H](O[C@H]2[C@H](O[C@H]3CC[C@]4(C)[C@H]5CC=C6[C@@H]7CC(C)(C)CC[C@]7(C(=O)O[C@@H]7O[C@H](CO[C@@H]8O[C@H](CO)[C@@H](O)[C@H](O)[C@H]8O)[C@@H](O)[C@H](O)[C@H]7O)CC[C@@]6(C)[C@]5(C)CC[C@H]4C3(C)C)OC[C@@H](O)[C@@H]2O)[C@H](O)[C@H](O)[C@H]1O. The fourth-order valence-corrected chi connectivity index (χ4v) is 16.1. The fourth-order valence-electron chi connectivity index (χ4n) is 16.1. The maximum Gasteiger partial charge on any atom is 0.315 e. The Kier molecular flexibility index (Phi) is 15.8. The summed E-state index contributed by atoms with van der Waals surface area (Å²) < 4.78 is 47.8. The highest BCUT2D eigenvalue weighted by Crippen LogP contribution is 2.76. The van der Waals surface area contributed by atoms with Crippen LogP contribution in [0.3, 0.4) is 0 Å². The van der Waals surface area contributed by atoms with Crippen LogP contribution in [0.5, 0.6) is 0 Å². The lowest BCUT2D eigenvalue weighted by molar-refractivity contribution is -0.364. The van der Waals surface area contributed by atoms with Crippen LogP contribution in [0.15, 0.2) is 11.6 Å². The summed E-state index contributed by atoms with van der Waals surface area (Å²) in [5.41, 5.74) is -0.885. The molecule has 0 spiro atoms. The van der Waals surface area contributed by atoms with Gasteiger partial charge in [-0.3, -0.25) is 4.79 Å². The third kappa shape index (κ3) is 9.27. The maximum absolute atomic E-state index is 15.1. The first-order chi connectivity index (χ1) is 34.6. The molecule has 0 aromatic heterocycles. The summed E-state index contributed by atoms with van der Waals surface area (Å²) in [6.07, 6.45) is -19.2. The molecule has 5 aliphatic carbocycles. The van der Waals surface area contributed by atoms with E-state index in [-0.39, 0.29) is 52.1 Å². The molecular formula is C53H86O21. The Morgan fingerprint density at radius 2 is 1.26 bits per heavy atom. The Balaban J connectivity index is 0.920. The van der Waals surface area contributed by atoms with E-state index in [4.69, 9.17) is 37.9 Å². The molecule has 0 amide bonds. The third-order valence-electron chi connectivity index (χ3n) is 21.0. The monoisotopic (exact) mass is 1060 g/mol. The summed E-state index contributed by atoms with van der Waals surface area (Å²) in [6, 6.07) is 0. The van der Waals surface area contributed by atoms with Crippen LogP contribution in [0.4, 0.5) is 0 Å². The second-order valence-electron chi connectivity index (χ2n) is 25.8. The van der Waals surface area contributed by atoms with Crippen molar-refractivity contribution in [1.29, 1.82) is 0 Å². The van der Waals surface area contributed by atoms with Crippen molar-refractivity contribution in [3.8, 4) is 0 Å². The van der Waals surface area contributed by atoms with Gasteiger partial charge in [0.05, 0.1) is 37.4 Å². The van der Waals surface area contributed by atoms with Crippen molar-refractivity contribution < 1.29 is 104 Å². The molecule has 4 saturated heterocycles. The van der Waals surface area contributed by atoms with Crippen molar-refractivity contribution in [1.82, 2.24) is 0 Å². The van der Waals surface area contributed by atoms with Crippen LogP contribution < -0.4 is 0 Å². The second-order valence-corrected chi connectivity index (χ2v) is 25.8. The van der Waals surface area contributed by atoms with Crippen molar-refractivity contribution in [3.63, 3.8) is 0 Å². The van der Waals surface area contributed by atoms with Crippen LogP contribution >= 0.6 is 0 Å². The van der Waals surface area contributed by atoms with Gasteiger partial charge in [0.25, 0.3) is 0 Å². The van der Waals surface area contributed by atoms with Gasteiger partial charge in [0.1, 0.15) is 85.5 Å². The number of esters is 1. The Morgan fingerprint density at radius 1 is 0.635 bits per heavy atom. The van der Waals surface area contributed by atoms with Crippen molar-refractivity contribution in [2.75, 3.05) is 19.8 Å². The predicted molar refractivity (Wildman–Crippen MR) is 255 cm³/mol. The highest BCUT2D eigenvalue weighted by Gasteiger charge is 2.70. The minimum Gasteiger partial charge on any atom is -0.432 e. The van der Waals surface area contributed by atoms with Crippen LogP contribution in [0.2, 0.25) is 0 Å². The average Bonchev–Trinajstić information content (AvgIpc) is 3.35. The molecule has 4 heterocycles. The molecule has 74 heavy (non-hydrogen) atoms. The van der Waals surface area contributed by atoms with Gasteiger partial charge in [-0.25, -0.2) is 0 Å². The highest BCUT2D eigenvalue weighted by molar-refractivity contribution is 5.79. The third-order valence-corrected chi connectivity index (χ3v) is 21.0. The zero-order valence-corrected chi connectivity index (χ0v) is 44.1. The molecule has 4 aliphatic heterocycles. The molecule has 9 rings (SSSR count). The molecular weight excluding hydrogens is 973 g/mol. The summed E-state index contributed by atoms with van der Waals surface area (Å²) in [7, 11) is 0. The Morgan fingerprint density at radius 3 is 1.95 bits per heavy atom. The van der Waals surface area contributed by atoms with E-state index in [0.29, 0.717) is 32.1 Å². The zero-order chi connectivity index (χ0) is 54.0. The van der Waals surface area contributed by atoms with Crippen molar-refractivity contribution in [3.05, 3.63) is 11.6 Å². The van der Waals surface area contributed by atoms with E-state index in [1.807, 2.05) is 0 Å². The van der Waals surface area contributed by atoms with E-state index in [0.717, 1.165) is 32.1 Å². The quantitative estimate of drug-likeness (QED) is 0.0755. The van der Waals surface area contributed by atoms with Crippen LogP contribution in [0.25, 0.3) is 0 Å². The second kappa shape index (κ2) is 20.5. The predicted octanol–water partition coefficient (Wildman–Crippen LogP) is -0.369. The number of hydrogen-bond donors (Lipinski definition) is 12. The topological polar surface area (TPSA) is 334 Å². The summed E-state index contributed by atoms with van der Waals surface area (Å²) in [4.78, 5) is 15.1. The molecule has 4 saturated carbocycles. The van der Waals surface area contributed by atoms with E-state index < -0.39 is 147 Å². The Labute approximate surface area is 433 Å². The molecule has 0 unspecified atom stereocenters. The lowest BCUT2D eigenvalue weighted by Gasteiger charge is -2.71. The van der Waals surface area contributed by atoms with Gasteiger partial charge in [0.15, 0.2) is 18.9 Å². The number of rotatable bonds is 10. The van der Waals surface area contributed by atoms with Gasteiger partial charge in [-0.2, -0.15) is 0 Å². The van der Waals surface area contributed by atoms with Gasteiger partial charge in [-0.1, -0.05) is 60.1 Å². The van der Waals surface area contributed by atoms with E-state index in [1.54, 1.807) is 0 Å². The molecule has 0 aromatic rings. The van der Waals surface area contributed by atoms with Crippen molar-refractivity contribution >= 4 is 5.97 Å². The number of aliphatic hydroxyl groups excluding tert-OH is 12. The molecule has 12 N–H and O–H groups in total. The normalized spacial score (nSPS) is 54.1. The number of carbonyl (C=O) groups is 1. The molecule has 0 bridgehead atoms. The largest absolute Gasteiger partial charge is 0.432 e. The molecule has 9 aliphatic rings. The van der Waals surface area contributed by atoms with E-state index in [9.17, 15) is 61.3 Å². The molecule has 21 heteroatoms. The van der Waals surface area contributed by atoms with Crippen molar-refractivity contribution in [2.24, 2.45) is 50.2 Å². The van der Waals surface area contributed by atoms with Gasteiger partial charge in [-0.05, 0) is 116 Å². The number of hydrogen-bond acceptors (Lipinski definition) is 21. The maximum atomic E-state index is 15.1. The van der Waals surface area contributed by atoms with E-state index in [1.165, 1.54) is 12.5 Å². The molecule has 27 atom stereocenters. The lowest BCUT2D eigenvalue weighted by atomic mass is 9.33. The van der Waals surface area contributed by atoms with Gasteiger partial charge >= 0.3 is 5.97 Å². The average molecular weight is 1060 g/mol. The van der Waals surface area contributed by atoms with E-state index in [2.05, 4.69) is 54.5 Å². The van der Waals surface area contributed by atoms with Crippen LogP contribution in [0.1, 0.15) is 120 Å². The molecule has 424 valence electrons. The van der Waals surface area contributed by atoms with Crippen molar-refractivity contribution in [2.45, 2.75) is 242 Å². The first-order valence-corrected chi connectivity index (χ1v) is 27.1. The number of aliphatic hydroxyl groups is 12. The standard InChI is InChI=1S/C53H86O21/c1-23-32(56)36(60)40(64)44(69-23)73-42-33(57)26(55)21-67-46(42)72-31-12-13-50(6)29(49(31,4)5)11-14-52(8)30(50)10-9-24-25-19-48(2,3)15-17-53(25,18-16-51(24,52)7)47(66)74-45-41(65)38(62)35(59)28(71-45)22-68-43-39(63)37(61)34(58)27(20-54)70-43/h9,23,25-46,54-65H,10-22H2,1-8H3/t23-,25-,26+,27+,28+,29-,30+,31-,32-,33-,34+,35+,36+,37-,38-,39+,40+,41+,42+,43+,44-,45-,46-,50-,51+,52+,53-/m0/s1. The van der Waals surface area contributed by atoms with Gasteiger partial charge < -0.3 is 99.2 Å². The summed E-state index contributed by atoms with van der Waals surface area (Å²) >= 11 is 0. The summed E-state index contributed by atoms with van der Waals surface area (Å²) in [5.74, 6) is -0.319. The van der Waals surface area contributed by atoms with Gasteiger partial charge in [0, 0.05) is 0 Å². The van der Waals surface area contributed by atoms with Gasteiger partial charge in [0.2, 0.25) is 6.29 Å². The number of allylic oxidation sites excluding steroid dienone is 2. The minimum atomic E-state index is -1.82.